The van der Waals surface area contributed by atoms with Crippen LogP contribution in [0.4, 0.5) is 0 Å². The van der Waals surface area contributed by atoms with E-state index in [9.17, 15) is 4.79 Å². The first-order valence-electron chi connectivity index (χ1n) is 11.7. The molecule has 0 bridgehead atoms. The van der Waals surface area contributed by atoms with Gasteiger partial charge in [-0.1, -0.05) is 42.5 Å². The number of esters is 1. The average Bonchev–Trinajstić information content (AvgIpc) is 3.40. The normalized spacial score (nSPS) is 13.8. The minimum Gasteiger partial charge on any atom is -0.461 e. The summed E-state index contributed by atoms with van der Waals surface area (Å²) in [5.41, 5.74) is 5.96. The lowest BCUT2D eigenvalue weighted by Gasteiger charge is -2.26. The van der Waals surface area contributed by atoms with Crippen LogP contribution < -0.4 is 0 Å². The molecule has 2 aromatic carbocycles. The molecule has 0 saturated heterocycles. The number of benzene rings is 2. The number of para-hydroxylation sites is 2. The van der Waals surface area contributed by atoms with E-state index in [0.29, 0.717) is 25.4 Å². The third-order valence-corrected chi connectivity index (χ3v) is 6.17. The Hall–Kier alpha value is -3.45. The minimum absolute atomic E-state index is 0.332. The maximum absolute atomic E-state index is 12.7. The summed E-state index contributed by atoms with van der Waals surface area (Å²) in [4.78, 5) is 23.1. The van der Waals surface area contributed by atoms with Crippen molar-refractivity contribution in [2.45, 2.75) is 45.8 Å². The molecule has 0 amide bonds. The molecule has 0 spiro atoms. The Morgan fingerprint density at radius 1 is 1.12 bits per heavy atom. The van der Waals surface area contributed by atoms with Crippen LogP contribution in [0.1, 0.15) is 46.5 Å². The van der Waals surface area contributed by atoms with Gasteiger partial charge in [-0.15, -0.1) is 0 Å². The fraction of sp³-hybridized carbons (Fsp3) is 0.346. The van der Waals surface area contributed by atoms with Gasteiger partial charge in [0.1, 0.15) is 5.82 Å². The van der Waals surface area contributed by atoms with Crippen LogP contribution in [0.2, 0.25) is 0 Å². The molecule has 3 heterocycles. The molecular weight excluding hydrogens is 414 g/mol. The van der Waals surface area contributed by atoms with Crippen molar-refractivity contribution < 1.29 is 9.53 Å². The van der Waals surface area contributed by atoms with Gasteiger partial charge >= 0.3 is 5.97 Å². The van der Waals surface area contributed by atoms with Gasteiger partial charge in [0, 0.05) is 37.3 Å². The van der Waals surface area contributed by atoms with Crippen LogP contribution in [0.15, 0.2) is 54.6 Å². The number of carbonyl (C=O) groups excluding carboxylic acids is 1. The van der Waals surface area contributed by atoms with Crippen molar-refractivity contribution in [1.29, 1.82) is 0 Å². The Kier molecular flexibility index (Phi) is 6.21. The van der Waals surface area contributed by atoms with Crippen LogP contribution in [0.3, 0.4) is 0 Å². The number of carbonyl (C=O) groups is 1. The zero-order valence-corrected chi connectivity index (χ0v) is 19.0. The molecule has 0 atom stereocenters. The smallest absolute Gasteiger partial charge is 0.359 e. The highest BCUT2D eigenvalue weighted by Gasteiger charge is 2.29. The lowest BCUT2D eigenvalue weighted by atomic mass is 10.0. The Morgan fingerprint density at radius 2 is 1.94 bits per heavy atom. The molecule has 1 aliphatic heterocycles. The number of aryl methyl sites for hydroxylation is 2. The minimum atomic E-state index is -0.332. The predicted octanol–water partition coefficient (Wildman–Crippen LogP) is 4.13. The first-order valence-corrected chi connectivity index (χ1v) is 11.7. The number of hydrogen-bond acceptors (Lipinski definition) is 5. The highest BCUT2D eigenvalue weighted by Crippen LogP contribution is 2.25. The van der Waals surface area contributed by atoms with Crippen molar-refractivity contribution in [1.82, 2.24) is 24.6 Å². The van der Waals surface area contributed by atoms with Gasteiger partial charge in [-0.3, -0.25) is 9.58 Å². The van der Waals surface area contributed by atoms with E-state index in [4.69, 9.17) is 14.8 Å². The molecule has 170 valence electrons. The second-order valence-electron chi connectivity index (χ2n) is 8.47. The maximum atomic E-state index is 12.7. The maximum Gasteiger partial charge on any atom is 0.359 e. The topological polar surface area (TPSA) is 76.0 Å². The van der Waals surface area contributed by atoms with Crippen LogP contribution >= 0.6 is 0 Å². The summed E-state index contributed by atoms with van der Waals surface area (Å²) in [6, 6.07) is 18.5. The van der Waals surface area contributed by atoms with Crippen molar-refractivity contribution in [3.05, 3.63) is 82.9 Å². The summed E-state index contributed by atoms with van der Waals surface area (Å²) >= 11 is 0. The van der Waals surface area contributed by atoms with E-state index in [0.717, 1.165) is 60.5 Å². The van der Waals surface area contributed by atoms with E-state index in [1.165, 1.54) is 5.56 Å². The number of nitrogens with zero attached hydrogens (tertiary/aromatic N) is 4. The van der Waals surface area contributed by atoms with Gasteiger partial charge in [-0.2, -0.15) is 5.10 Å². The fourth-order valence-electron chi connectivity index (χ4n) is 4.60. The van der Waals surface area contributed by atoms with Gasteiger partial charge in [0.15, 0.2) is 5.69 Å². The van der Waals surface area contributed by atoms with Crippen molar-refractivity contribution in [3.8, 4) is 0 Å². The van der Waals surface area contributed by atoms with E-state index < -0.39 is 0 Å². The fourth-order valence-corrected chi connectivity index (χ4v) is 4.60. The largest absolute Gasteiger partial charge is 0.461 e. The van der Waals surface area contributed by atoms with Crippen LogP contribution in [-0.2, 0) is 37.2 Å². The third kappa shape index (κ3) is 4.68. The molecule has 4 aromatic rings. The molecule has 0 unspecified atom stereocenters. The van der Waals surface area contributed by atoms with Crippen LogP contribution in [0.25, 0.3) is 11.0 Å². The SMILES string of the molecule is CCOC(=O)c1nn(CCCc2ccccc2)c2c1CN(Cc1nc3ccccc3[nH]1)CC2. The zero-order valence-electron chi connectivity index (χ0n) is 19.0. The molecule has 0 radical (unpaired) electrons. The van der Waals surface area contributed by atoms with E-state index >= 15 is 0 Å². The van der Waals surface area contributed by atoms with Gasteiger partial charge in [0.25, 0.3) is 0 Å². The van der Waals surface area contributed by atoms with E-state index in [1.807, 2.05) is 41.9 Å². The second-order valence-corrected chi connectivity index (χ2v) is 8.47. The lowest BCUT2D eigenvalue weighted by molar-refractivity contribution is 0.0515. The molecule has 0 aliphatic carbocycles. The molecule has 1 N–H and O–H groups in total. The number of aromatic nitrogens is 4. The Bertz CT molecular complexity index is 1210. The molecule has 7 nitrogen and oxygen atoms in total. The van der Waals surface area contributed by atoms with Crippen molar-refractivity contribution in [2.24, 2.45) is 0 Å². The van der Waals surface area contributed by atoms with Gasteiger partial charge in [-0.25, -0.2) is 9.78 Å². The standard InChI is InChI=1S/C26H29N5O2/c1-2-33-26(32)25-20-17-30(18-24-27-21-12-6-7-13-22(21)28-24)16-14-23(20)31(29-25)15-8-11-19-9-4-3-5-10-19/h3-7,9-10,12-13H,2,8,11,14-18H2,1H3,(H,27,28). The van der Waals surface area contributed by atoms with Gasteiger partial charge in [0.2, 0.25) is 0 Å². The zero-order chi connectivity index (χ0) is 22.6. The molecule has 2 aromatic heterocycles. The highest BCUT2D eigenvalue weighted by molar-refractivity contribution is 5.89. The molecule has 33 heavy (non-hydrogen) atoms. The summed E-state index contributed by atoms with van der Waals surface area (Å²) in [6.07, 6.45) is 2.82. The molecule has 0 saturated carbocycles. The quantitative estimate of drug-likeness (QED) is 0.415. The molecule has 0 fully saturated rings. The lowest BCUT2D eigenvalue weighted by Crippen LogP contribution is -2.31. The molecule has 1 aliphatic rings. The Balaban J connectivity index is 1.33. The van der Waals surface area contributed by atoms with Crippen LogP contribution in [-0.4, -0.2) is 43.8 Å². The second kappa shape index (κ2) is 9.58. The number of aromatic amines is 1. The monoisotopic (exact) mass is 443 g/mol. The molecule has 7 heteroatoms. The number of ether oxygens (including phenoxy) is 1. The van der Waals surface area contributed by atoms with Crippen molar-refractivity contribution in [2.75, 3.05) is 13.2 Å². The van der Waals surface area contributed by atoms with E-state index in [1.54, 1.807) is 0 Å². The predicted molar refractivity (Wildman–Crippen MR) is 127 cm³/mol. The number of H-pyrrole nitrogens is 1. The molecular formula is C26H29N5O2. The van der Waals surface area contributed by atoms with Crippen molar-refractivity contribution in [3.63, 3.8) is 0 Å². The van der Waals surface area contributed by atoms with Gasteiger partial charge in [0.05, 0.1) is 24.2 Å². The number of nitrogens with one attached hydrogen (secondary N) is 1. The number of imidazole rings is 1. The van der Waals surface area contributed by atoms with E-state index in [-0.39, 0.29) is 5.97 Å². The van der Waals surface area contributed by atoms with Crippen molar-refractivity contribution >= 4 is 17.0 Å². The number of hydrogen-bond donors (Lipinski definition) is 1. The Labute approximate surface area is 193 Å². The first-order chi connectivity index (χ1) is 16.2. The third-order valence-electron chi connectivity index (χ3n) is 6.17. The average molecular weight is 444 g/mol. The highest BCUT2D eigenvalue weighted by atomic mass is 16.5. The number of fused-ring (bicyclic) bond motifs is 2. The molecule has 5 rings (SSSR count). The summed E-state index contributed by atoms with van der Waals surface area (Å²) in [5.74, 6) is 0.605. The van der Waals surface area contributed by atoms with Gasteiger partial charge in [-0.05, 0) is 37.5 Å². The summed E-state index contributed by atoms with van der Waals surface area (Å²) in [5, 5.41) is 4.71. The summed E-state index contributed by atoms with van der Waals surface area (Å²) in [6.45, 7) is 5.23. The first kappa shape index (κ1) is 21.4. The van der Waals surface area contributed by atoms with Gasteiger partial charge < -0.3 is 9.72 Å². The Morgan fingerprint density at radius 3 is 2.76 bits per heavy atom. The summed E-state index contributed by atoms with van der Waals surface area (Å²) < 4.78 is 7.35. The summed E-state index contributed by atoms with van der Waals surface area (Å²) in [7, 11) is 0. The van der Waals surface area contributed by atoms with Crippen LogP contribution in [0, 0.1) is 0 Å². The van der Waals surface area contributed by atoms with Crippen LogP contribution in [0.5, 0.6) is 0 Å². The van der Waals surface area contributed by atoms with E-state index in [2.05, 4.69) is 34.1 Å². The number of rotatable bonds is 8.